The fourth-order valence-electron chi connectivity index (χ4n) is 1.30. The zero-order valence-corrected chi connectivity index (χ0v) is 10.2. The summed E-state index contributed by atoms with van der Waals surface area (Å²) < 4.78 is 9.71. The van der Waals surface area contributed by atoms with Crippen molar-refractivity contribution in [1.29, 1.82) is 0 Å². The average Bonchev–Trinajstić information content (AvgIpc) is 2.35. The lowest BCUT2D eigenvalue weighted by Gasteiger charge is -2.05. The molecular formula is C13H16O5. The highest BCUT2D eigenvalue weighted by Crippen LogP contribution is 2.10. The highest BCUT2D eigenvalue weighted by Gasteiger charge is 2.07. The summed E-state index contributed by atoms with van der Waals surface area (Å²) in [6, 6.07) is 5.77. The lowest BCUT2D eigenvalue weighted by Crippen LogP contribution is -2.09. The van der Waals surface area contributed by atoms with Gasteiger partial charge in [0, 0.05) is 6.42 Å². The zero-order valence-electron chi connectivity index (χ0n) is 10.2. The second kappa shape index (κ2) is 7.32. The van der Waals surface area contributed by atoms with Crippen molar-refractivity contribution >= 4 is 11.9 Å². The second-order valence-corrected chi connectivity index (χ2v) is 3.59. The van der Waals surface area contributed by atoms with Gasteiger partial charge < -0.3 is 14.6 Å². The quantitative estimate of drug-likeness (QED) is 0.618. The maximum absolute atomic E-state index is 11.5. The van der Waals surface area contributed by atoms with Crippen molar-refractivity contribution in [2.45, 2.75) is 19.8 Å². The van der Waals surface area contributed by atoms with Gasteiger partial charge in [-0.25, -0.2) is 4.79 Å². The van der Waals surface area contributed by atoms with E-state index in [4.69, 9.17) is 14.6 Å². The number of rotatable bonds is 6. The van der Waals surface area contributed by atoms with Gasteiger partial charge in [-0.3, -0.25) is 4.79 Å². The Morgan fingerprint density at radius 2 is 1.83 bits per heavy atom. The van der Waals surface area contributed by atoms with Crippen LogP contribution in [-0.4, -0.2) is 30.3 Å². The van der Waals surface area contributed by atoms with Gasteiger partial charge in [0.15, 0.2) is 0 Å². The van der Waals surface area contributed by atoms with E-state index in [1.54, 1.807) is 6.92 Å². The van der Waals surface area contributed by atoms with Crippen LogP contribution in [0.4, 0.5) is 0 Å². The van der Waals surface area contributed by atoms with Crippen molar-refractivity contribution in [3.8, 4) is 5.75 Å². The minimum Gasteiger partial charge on any atom is -0.508 e. The number of aromatic hydroxyl groups is 1. The van der Waals surface area contributed by atoms with Gasteiger partial charge in [0.05, 0.1) is 18.8 Å². The van der Waals surface area contributed by atoms with E-state index in [0.717, 1.165) is 0 Å². The Labute approximate surface area is 105 Å². The van der Waals surface area contributed by atoms with Gasteiger partial charge in [0.2, 0.25) is 0 Å². The van der Waals surface area contributed by atoms with E-state index in [1.807, 2.05) is 0 Å². The molecule has 18 heavy (non-hydrogen) atoms. The van der Waals surface area contributed by atoms with Crippen molar-refractivity contribution < 1.29 is 24.2 Å². The molecule has 5 heteroatoms. The molecule has 0 bridgehead atoms. The highest BCUT2D eigenvalue weighted by molar-refractivity contribution is 5.89. The first kappa shape index (κ1) is 14.0. The molecular weight excluding hydrogens is 236 g/mol. The van der Waals surface area contributed by atoms with Crippen molar-refractivity contribution in [3.05, 3.63) is 29.8 Å². The first-order chi connectivity index (χ1) is 8.63. The molecule has 0 aliphatic rings. The van der Waals surface area contributed by atoms with Gasteiger partial charge in [0.25, 0.3) is 0 Å². The van der Waals surface area contributed by atoms with E-state index >= 15 is 0 Å². The van der Waals surface area contributed by atoms with Crippen LogP contribution in [0.1, 0.15) is 30.1 Å². The number of phenolic OH excluding ortho intramolecular Hbond substituents is 1. The molecule has 0 heterocycles. The molecule has 5 nitrogen and oxygen atoms in total. The number of hydrogen-bond acceptors (Lipinski definition) is 5. The number of hydrogen-bond donors (Lipinski definition) is 1. The van der Waals surface area contributed by atoms with Crippen LogP contribution in [-0.2, 0) is 14.3 Å². The summed E-state index contributed by atoms with van der Waals surface area (Å²) in [6.07, 6.45) is 0.666. The average molecular weight is 252 g/mol. The number of carbonyl (C=O) groups excluding carboxylic acids is 2. The molecule has 0 aliphatic carbocycles. The van der Waals surface area contributed by atoms with Crippen molar-refractivity contribution in [3.63, 3.8) is 0 Å². The Morgan fingerprint density at radius 3 is 2.44 bits per heavy atom. The molecule has 0 amide bonds. The van der Waals surface area contributed by atoms with E-state index < -0.39 is 5.97 Å². The van der Waals surface area contributed by atoms with Crippen LogP contribution in [0.3, 0.4) is 0 Å². The van der Waals surface area contributed by atoms with E-state index in [-0.39, 0.29) is 24.7 Å². The Balaban J connectivity index is 2.25. The summed E-state index contributed by atoms with van der Waals surface area (Å²) >= 11 is 0. The van der Waals surface area contributed by atoms with E-state index in [9.17, 15) is 9.59 Å². The number of esters is 2. The summed E-state index contributed by atoms with van der Waals surface area (Å²) in [4.78, 5) is 22.5. The van der Waals surface area contributed by atoms with Gasteiger partial charge in [0.1, 0.15) is 5.75 Å². The van der Waals surface area contributed by atoms with E-state index in [0.29, 0.717) is 18.6 Å². The molecule has 98 valence electrons. The number of benzene rings is 1. The van der Waals surface area contributed by atoms with Crippen LogP contribution < -0.4 is 0 Å². The lowest BCUT2D eigenvalue weighted by atomic mass is 10.2. The Kier molecular flexibility index (Phi) is 5.70. The van der Waals surface area contributed by atoms with Crippen LogP contribution in [0.2, 0.25) is 0 Å². The molecule has 0 saturated carbocycles. The Bertz CT molecular complexity index is 396. The van der Waals surface area contributed by atoms with Crippen LogP contribution in [0, 0.1) is 0 Å². The molecule has 0 radical (unpaired) electrons. The second-order valence-electron chi connectivity index (χ2n) is 3.59. The summed E-state index contributed by atoms with van der Waals surface area (Å²) in [5.74, 6) is -0.675. The van der Waals surface area contributed by atoms with Crippen LogP contribution in [0.15, 0.2) is 24.3 Å². The minimum absolute atomic E-state index is 0.0915. The minimum atomic E-state index is -0.473. The molecule has 0 aliphatic heterocycles. The third kappa shape index (κ3) is 4.86. The molecule has 1 aromatic rings. The van der Waals surface area contributed by atoms with Crippen LogP contribution >= 0.6 is 0 Å². The molecule has 0 atom stereocenters. The SMILES string of the molecule is CCOC(=O)CCCOC(=O)c1ccc(O)cc1. The summed E-state index contributed by atoms with van der Waals surface area (Å²) in [5.41, 5.74) is 0.365. The van der Waals surface area contributed by atoms with Gasteiger partial charge >= 0.3 is 11.9 Å². The van der Waals surface area contributed by atoms with E-state index in [1.165, 1.54) is 24.3 Å². The predicted molar refractivity (Wildman–Crippen MR) is 64.3 cm³/mol. The van der Waals surface area contributed by atoms with Crippen LogP contribution in [0.5, 0.6) is 5.75 Å². The first-order valence-electron chi connectivity index (χ1n) is 5.75. The monoisotopic (exact) mass is 252 g/mol. The van der Waals surface area contributed by atoms with E-state index in [2.05, 4.69) is 0 Å². The van der Waals surface area contributed by atoms with Gasteiger partial charge in [-0.15, -0.1) is 0 Å². The maximum atomic E-state index is 11.5. The number of ether oxygens (including phenoxy) is 2. The van der Waals surface area contributed by atoms with Gasteiger partial charge in [-0.1, -0.05) is 0 Å². The normalized spacial score (nSPS) is 9.83. The molecule has 0 spiro atoms. The Hall–Kier alpha value is -2.04. The van der Waals surface area contributed by atoms with Crippen molar-refractivity contribution in [2.75, 3.05) is 13.2 Å². The fourth-order valence-corrected chi connectivity index (χ4v) is 1.30. The summed E-state index contributed by atoms with van der Waals surface area (Å²) in [6.45, 7) is 2.26. The first-order valence-corrected chi connectivity index (χ1v) is 5.75. The molecule has 1 rings (SSSR count). The summed E-state index contributed by atoms with van der Waals surface area (Å²) in [5, 5.41) is 9.06. The number of carbonyl (C=O) groups is 2. The lowest BCUT2D eigenvalue weighted by molar-refractivity contribution is -0.143. The third-order valence-corrected chi connectivity index (χ3v) is 2.17. The molecule has 0 unspecified atom stereocenters. The standard InChI is InChI=1S/C13H16O5/c1-2-17-12(15)4-3-9-18-13(16)10-5-7-11(14)8-6-10/h5-8,14H,2-4,9H2,1H3. The predicted octanol–water partition coefficient (Wildman–Crippen LogP) is 1.89. The molecule has 1 N–H and O–H groups in total. The number of phenols is 1. The molecule has 0 saturated heterocycles. The van der Waals surface area contributed by atoms with Crippen molar-refractivity contribution in [1.82, 2.24) is 0 Å². The summed E-state index contributed by atoms with van der Waals surface area (Å²) in [7, 11) is 0. The topological polar surface area (TPSA) is 72.8 Å². The maximum Gasteiger partial charge on any atom is 0.338 e. The third-order valence-electron chi connectivity index (χ3n) is 2.17. The molecule has 0 fully saturated rings. The van der Waals surface area contributed by atoms with Crippen molar-refractivity contribution in [2.24, 2.45) is 0 Å². The molecule has 1 aromatic carbocycles. The van der Waals surface area contributed by atoms with Crippen LogP contribution in [0.25, 0.3) is 0 Å². The smallest absolute Gasteiger partial charge is 0.338 e. The Morgan fingerprint density at radius 1 is 1.17 bits per heavy atom. The molecule has 0 aromatic heterocycles. The zero-order chi connectivity index (χ0) is 13.4. The van der Waals surface area contributed by atoms with Gasteiger partial charge in [-0.05, 0) is 37.6 Å². The van der Waals surface area contributed by atoms with Gasteiger partial charge in [-0.2, -0.15) is 0 Å². The largest absolute Gasteiger partial charge is 0.508 e. The fraction of sp³-hybridized carbons (Fsp3) is 0.385. The highest BCUT2D eigenvalue weighted by atomic mass is 16.5.